The van der Waals surface area contributed by atoms with Gasteiger partial charge in [0.1, 0.15) is 4.21 Å². The van der Waals surface area contributed by atoms with Crippen LogP contribution in [0.5, 0.6) is 0 Å². The molecule has 0 spiro atoms. The van der Waals surface area contributed by atoms with E-state index in [-0.39, 0.29) is 4.21 Å². The molecule has 0 nitrogen and oxygen atoms in total. The van der Waals surface area contributed by atoms with E-state index < -0.39 is 0 Å². The number of rotatable bonds is 1. The first kappa shape index (κ1) is 6.97. The monoisotopic (exact) mass is 212 g/mol. The quantitative estimate of drug-likeness (QED) is 0.604. The fraction of sp³-hybridized carbons (Fsp3) is 0.600. The molecule has 1 aliphatic rings. The normalized spacial score (nSPS) is 36.2. The summed E-state index contributed by atoms with van der Waals surface area (Å²) in [5.41, 5.74) is 0. The Morgan fingerprint density at radius 2 is 2.62 bits per heavy atom. The van der Waals surface area contributed by atoms with Crippen molar-refractivity contribution in [3.8, 4) is 0 Å². The summed E-state index contributed by atoms with van der Waals surface area (Å²) in [6.45, 7) is 0. The molecule has 0 aromatic carbocycles. The second-order valence-corrected chi connectivity index (χ2v) is 4.51. The lowest BCUT2D eigenvalue weighted by atomic mass is 10.3. The molecule has 1 atom stereocenters. The summed E-state index contributed by atoms with van der Waals surface area (Å²) in [7, 11) is 0. The molecule has 0 fully saturated rings. The molecule has 8 heavy (non-hydrogen) atoms. The van der Waals surface area contributed by atoms with Crippen LogP contribution >= 0.6 is 39.3 Å². The van der Waals surface area contributed by atoms with Crippen LogP contribution in [0.3, 0.4) is 0 Å². The molecule has 0 N–H and O–H groups in total. The van der Waals surface area contributed by atoms with Crippen LogP contribution in [-0.4, -0.2) is 9.54 Å². The molecule has 0 saturated carbocycles. The SMILES string of the molecule is ClC1(CBr)CC=CS1. The number of hydrogen-bond donors (Lipinski definition) is 0. The fourth-order valence-corrected chi connectivity index (χ4v) is 2.09. The predicted octanol–water partition coefficient (Wildman–Crippen LogP) is 2.97. The topological polar surface area (TPSA) is 0 Å². The summed E-state index contributed by atoms with van der Waals surface area (Å²) in [6, 6.07) is 0. The van der Waals surface area contributed by atoms with Crippen molar-refractivity contribution in [1.29, 1.82) is 0 Å². The molecular formula is C5H6BrClS. The molecule has 0 aromatic rings. The molecular weight excluding hydrogens is 207 g/mol. The van der Waals surface area contributed by atoms with Crippen molar-refractivity contribution in [2.75, 3.05) is 5.33 Å². The van der Waals surface area contributed by atoms with Gasteiger partial charge in [-0.2, -0.15) is 0 Å². The average Bonchev–Trinajstić information content (AvgIpc) is 2.17. The lowest BCUT2D eigenvalue weighted by Gasteiger charge is -2.14. The van der Waals surface area contributed by atoms with Gasteiger partial charge in [0, 0.05) is 5.33 Å². The third kappa shape index (κ3) is 1.42. The Labute approximate surface area is 66.8 Å². The minimum atomic E-state index is -0.0694. The van der Waals surface area contributed by atoms with Crippen molar-refractivity contribution < 1.29 is 0 Å². The molecule has 0 saturated heterocycles. The zero-order valence-electron chi connectivity index (χ0n) is 4.23. The first-order chi connectivity index (χ1) is 3.77. The molecule has 3 heteroatoms. The number of allylic oxidation sites excluding steroid dienone is 1. The van der Waals surface area contributed by atoms with E-state index in [2.05, 4.69) is 22.0 Å². The average molecular weight is 214 g/mol. The molecule has 0 radical (unpaired) electrons. The van der Waals surface area contributed by atoms with Crippen LogP contribution in [-0.2, 0) is 0 Å². The van der Waals surface area contributed by atoms with Gasteiger partial charge in [-0.1, -0.05) is 22.0 Å². The van der Waals surface area contributed by atoms with Gasteiger partial charge >= 0.3 is 0 Å². The van der Waals surface area contributed by atoms with Crippen molar-refractivity contribution in [1.82, 2.24) is 0 Å². The highest BCUT2D eigenvalue weighted by atomic mass is 79.9. The lowest BCUT2D eigenvalue weighted by molar-refractivity contribution is 0.936. The smallest absolute Gasteiger partial charge is 0.107 e. The Bertz CT molecular complexity index is 105. The highest BCUT2D eigenvalue weighted by Gasteiger charge is 2.27. The first-order valence-electron chi connectivity index (χ1n) is 2.34. The maximum Gasteiger partial charge on any atom is 0.107 e. The van der Waals surface area contributed by atoms with Gasteiger partial charge in [-0.3, -0.25) is 0 Å². The highest BCUT2D eigenvalue weighted by Crippen LogP contribution is 2.41. The fourth-order valence-electron chi connectivity index (χ4n) is 0.528. The molecule has 0 aromatic heterocycles. The molecule has 1 aliphatic heterocycles. The van der Waals surface area contributed by atoms with Gasteiger partial charge in [0.25, 0.3) is 0 Å². The summed E-state index contributed by atoms with van der Waals surface area (Å²) < 4.78 is -0.0694. The minimum absolute atomic E-state index is 0.0694. The Balaban J connectivity index is 2.46. The van der Waals surface area contributed by atoms with Crippen molar-refractivity contribution in [3.05, 3.63) is 11.5 Å². The summed E-state index contributed by atoms with van der Waals surface area (Å²) in [5.74, 6) is 0. The van der Waals surface area contributed by atoms with E-state index in [1.54, 1.807) is 11.8 Å². The van der Waals surface area contributed by atoms with Crippen molar-refractivity contribution in [2.24, 2.45) is 0 Å². The van der Waals surface area contributed by atoms with Crippen molar-refractivity contribution in [3.63, 3.8) is 0 Å². The van der Waals surface area contributed by atoms with E-state index in [0.29, 0.717) is 0 Å². The molecule has 0 bridgehead atoms. The zero-order valence-corrected chi connectivity index (χ0v) is 7.39. The maximum absolute atomic E-state index is 6.01. The van der Waals surface area contributed by atoms with E-state index >= 15 is 0 Å². The Morgan fingerprint density at radius 1 is 1.88 bits per heavy atom. The van der Waals surface area contributed by atoms with Crippen molar-refractivity contribution in [2.45, 2.75) is 10.6 Å². The molecule has 1 heterocycles. The Morgan fingerprint density at radius 3 is 2.88 bits per heavy atom. The molecule has 0 aliphatic carbocycles. The third-order valence-corrected chi connectivity index (χ3v) is 4.27. The molecule has 46 valence electrons. The van der Waals surface area contributed by atoms with Gasteiger partial charge in [0.15, 0.2) is 0 Å². The number of hydrogen-bond acceptors (Lipinski definition) is 1. The van der Waals surface area contributed by atoms with Gasteiger partial charge in [0.05, 0.1) is 0 Å². The van der Waals surface area contributed by atoms with Crippen LogP contribution in [0.1, 0.15) is 6.42 Å². The summed E-state index contributed by atoms with van der Waals surface area (Å²) in [6.07, 6.45) is 3.07. The van der Waals surface area contributed by atoms with E-state index in [0.717, 1.165) is 11.8 Å². The van der Waals surface area contributed by atoms with Gasteiger partial charge < -0.3 is 0 Å². The first-order valence-corrected chi connectivity index (χ1v) is 4.72. The maximum atomic E-state index is 6.01. The minimum Gasteiger partial charge on any atom is -0.110 e. The summed E-state index contributed by atoms with van der Waals surface area (Å²) in [4.78, 5) is 0. The standard InChI is InChI=1S/C5H6BrClS/c6-4-5(7)2-1-3-8-5/h1,3H,2,4H2. The summed E-state index contributed by atoms with van der Waals surface area (Å²) in [5, 5.41) is 2.91. The van der Waals surface area contributed by atoms with Gasteiger partial charge in [-0.25, -0.2) is 0 Å². The van der Waals surface area contributed by atoms with Crippen LogP contribution in [0, 0.1) is 0 Å². The van der Waals surface area contributed by atoms with E-state index in [1.165, 1.54) is 0 Å². The lowest BCUT2D eigenvalue weighted by Crippen LogP contribution is -2.12. The molecule has 1 unspecified atom stereocenters. The Hall–Kier alpha value is 0.860. The number of halogens is 2. The van der Waals surface area contributed by atoms with Crippen LogP contribution in [0.15, 0.2) is 11.5 Å². The second kappa shape index (κ2) is 2.63. The highest BCUT2D eigenvalue weighted by molar-refractivity contribution is 9.09. The van der Waals surface area contributed by atoms with Gasteiger partial charge in [0.2, 0.25) is 0 Å². The largest absolute Gasteiger partial charge is 0.110 e. The number of thioether (sulfide) groups is 1. The van der Waals surface area contributed by atoms with E-state index in [4.69, 9.17) is 11.6 Å². The van der Waals surface area contributed by atoms with Crippen LogP contribution in [0.4, 0.5) is 0 Å². The van der Waals surface area contributed by atoms with Gasteiger partial charge in [-0.15, -0.1) is 23.4 Å². The third-order valence-electron chi connectivity index (χ3n) is 0.998. The van der Waals surface area contributed by atoms with Crippen LogP contribution < -0.4 is 0 Å². The van der Waals surface area contributed by atoms with Crippen LogP contribution in [0.25, 0.3) is 0 Å². The van der Waals surface area contributed by atoms with E-state index in [9.17, 15) is 0 Å². The predicted molar refractivity (Wildman–Crippen MR) is 43.7 cm³/mol. The van der Waals surface area contributed by atoms with Crippen molar-refractivity contribution >= 4 is 39.3 Å². The molecule has 1 rings (SSSR count). The van der Waals surface area contributed by atoms with E-state index in [1.807, 2.05) is 5.41 Å². The zero-order chi connectivity index (χ0) is 6.04. The summed E-state index contributed by atoms with van der Waals surface area (Å²) >= 11 is 11.0. The second-order valence-electron chi connectivity index (χ2n) is 1.71. The Kier molecular flexibility index (Phi) is 2.29. The van der Waals surface area contributed by atoms with Gasteiger partial charge in [-0.05, 0) is 11.8 Å². The van der Waals surface area contributed by atoms with Crippen LogP contribution in [0.2, 0.25) is 0 Å². The number of alkyl halides is 2. The molecule has 0 amide bonds.